The second-order valence-electron chi connectivity index (χ2n) is 1.59. The molecule has 0 aromatic heterocycles. The van der Waals surface area contributed by atoms with E-state index in [4.69, 9.17) is 5.73 Å². The summed E-state index contributed by atoms with van der Waals surface area (Å²) >= 11 is 0. The predicted molar refractivity (Wildman–Crippen MR) is 36.6 cm³/mol. The van der Waals surface area contributed by atoms with E-state index in [1.165, 1.54) is 0 Å². The van der Waals surface area contributed by atoms with Crippen LogP contribution in [0.1, 0.15) is 19.8 Å². The van der Waals surface area contributed by atoms with Crippen LogP contribution in [-0.2, 0) is 0 Å². The highest BCUT2D eigenvalue weighted by atomic mass is 14.5. The second kappa shape index (κ2) is 6.48. The van der Waals surface area contributed by atoms with Gasteiger partial charge in [-0.3, -0.25) is 0 Å². The third kappa shape index (κ3) is 5.48. The summed E-state index contributed by atoms with van der Waals surface area (Å²) in [6.45, 7) is 2.74. The number of allylic oxidation sites excluding steroid dienone is 1. The molecule has 0 saturated heterocycles. The van der Waals surface area contributed by atoms with Crippen molar-refractivity contribution in [1.82, 2.24) is 0 Å². The van der Waals surface area contributed by atoms with Gasteiger partial charge < -0.3 is 5.73 Å². The minimum atomic E-state index is 0.780. The lowest BCUT2D eigenvalue weighted by Crippen LogP contribution is -1.96. The Morgan fingerprint density at radius 3 is 2.88 bits per heavy atom. The van der Waals surface area contributed by atoms with Gasteiger partial charge in [0.1, 0.15) is 0 Å². The van der Waals surface area contributed by atoms with E-state index in [2.05, 4.69) is 5.73 Å². The molecule has 0 spiro atoms. The summed E-state index contributed by atoms with van der Waals surface area (Å²) < 4.78 is 0. The van der Waals surface area contributed by atoms with Gasteiger partial charge >= 0.3 is 0 Å². The highest BCUT2D eigenvalue weighted by Crippen LogP contribution is 1.84. The maximum absolute atomic E-state index is 5.25. The molecule has 2 N–H and O–H groups in total. The SMILES string of the molecule is CC=C=CCCCN. The van der Waals surface area contributed by atoms with Crippen LogP contribution in [0.2, 0.25) is 0 Å². The standard InChI is InChI=1S/C7H13N/c1-2-3-4-5-6-7-8/h2,4H,5-8H2,1H3. The number of rotatable bonds is 3. The van der Waals surface area contributed by atoms with Gasteiger partial charge in [0.15, 0.2) is 0 Å². The third-order valence-corrected chi connectivity index (χ3v) is 0.837. The van der Waals surface area contributed by atoms with Crippen LogP contribution in [0, 0.1) is 0 Å². The Bertz CT molecular complexity index is 88.6. The molecule has 0 unspecified atom stereocenters. The molecule has 0 aromatic carbocycles. The molecule has 0 aromatic rings. The van der Waals surface area contributed by atoms with Crippen LogP contribution < -0.4 is 5.73 Å². The minimum Gasteiger partial charge on any atom is -0.330 e. The molecule has 0 rings (SSSR count). The molecule has 0 radical (unpaired) electrons. The van der Waals surface area contributed by atoms with E-state index in [9.17, 15) is 0 Å². The summed E-state index contributed by atoms with van der Waals surface area (Å²) in [6.07, 6.45) is 6.03. The zero-order chi connectivity index (χ0) is 6.24. The summed E-state index contributed by atoms with van der Waals surface area (Å²) in [6, 6.07) is 0. The van der Waals surface area contributed by atoms with Crippen LogP contribution in [0.3, 0.4) is 0 Å². The van der Waals surface area contributed by atoms with Gasteiger partial charge in [0.05, 0.1) is 0 Å². The fraction of sp³-hybridized carbons (Fsp3) is 0.571. The maximum atomic E-state index is 5.25. The van der Waals surface area contributed by atoms with Crippen molar-refractivity contribution in [3.8, 4) is 0 Å². The Morgan fingerprint density at radius 1 is 1.62 bits per heavy atom. The lowest BCUT2D eigenvalue weighted by Gasteiger charge is -1.83. The van der Waals surface area contributed by atoms with Crippen molar-refractivity contribution in [3.05, 3.63) is 17.9 Å². The minimum absolute atomic E-state index is 0.780. The van der Waals surface area contributed by atoms with Gasteiger partial charge in [0.25, 0.3) is 0 Å². The summed E-state index contributed by atoms with van der Waals surface area (Å²) in [5.74, 6) is 0. The molecule has 0 amide bonds. The maximum Gasteiger partial charge on any atom is -0.00741 e. The first-order valence-corrected chi connectivity index (χ1v) is 2.97. The molecule has 0 bridgehead atoms. The van der Waals surface area contributed by atoms with Gasteiger partial charge in [-0.15, -0.1) is 5.73 Å². The summed E-state index contributed by atoms with van der Waals surface area (Å²) in [7, 11) is 0. The monoisotopic (exact) mass is 111 g/mol. The predicted octanol–water partition coefficient (Wildman–Crippen LogP) is 1.46. The van der Waals surface area contributed by atoms with Crippen LogP contribution in [0.25, 0.3) is 0 Å². The normalized spacial score (nSPS) is 7.75. The molecular weight excluding hydrogens is 98.1 g/mol. The van der Waals surface area contributed by atoms with E-state index < -0.39 is 0 Å². The van der Waals surface area contributed by atoms with Gasteiger partial charge in [-0.05, 0) is 38.5 Å². The van der Waals surface area contributed by atoms with E-state index in [-0.39, 0.29) is 0 Å². The van der Waals surface area contributed by atoms with Gasteiger partial charge in [0.2, 0.25) is 0 Å². The van der Waals surface area contributed by atoms with E-state index in [0.29, 0.717) is 0 Å². The van der Waals surface area contributed by atoms with E-state index >= 15 is 0 Å². The molecule has 8 heavy (non-hydrogen) atoms. The van der Waals surface area contributed by atoms with Gasteiger partial charge in [-0.25, -0.2) is 0 Å². The average Bonchev–Trinajstić information content (AvgIpc) is 1.81. The quantitative estimate of drug-likeness (QED) is 0.433. The number of hydrogen-bond donors (Lipinski definition) is 1. The molecule has 0 atom stereocenters. The van der Waals surface area contributed by atoms with Gasteiger partial charge in [-0.1, -0.05) is 0 Å². The lowest BCUT2D eigenvalue weighted by molar-refractivity contribution is 0.855. The highest BCUT2D eigenvalue weighted by molar-refractivity contribution is 4.81. The second-order valence-corrected chi connectivity index (χ2v) is 1.59. The molecule has 1 heteroatoms. The Balaban J connectivity index is 3.04. The van der Waals surface area contributed by atoms with Crippen LogP contribution in [-0.4, -0.2) is 6.54 Å². The largest absolute Gasteiger partial charge is 0.330 e. The number of nitrogens with two attached hydrogens (primary N) is 1. The zero-order valence-electron chi connectivity index (χ0n) is 5.35. The van der Waals surface area contributed by atoms with Crippen LogP contribution in [0.4, 0.5) is 0 Å². The van der Waals surface area contributed by atoms with Crippen molar-refractivity contribution in [2.45, 2.75) is 19.8 Å². The molecule has 0 aliphatic heterocycles. The van der Waals surface area contributed by atoms with E-state index in [0.717, 1.165) is 19.4 Å². The topological polar surface area (TPSA) is 26.0 Å². The highest BCUT2D eigenvalue weighted by Gasteiger charge is 1.73. The fourth-order valence-electron chi connectivity index (χ4n) is 0.421. The Morgan fingerprint density at radius 2 is 2.38 bits per heavy atom. The summed E-state index contributed by atoms with van der Waals surface area (Å²) in [5.41, 5.74) is 8.23. The molecule has 0 fully saturated rings. The zero-order valence-corrected chi connectivity index (χ0v) is 5.35. The lowest BCUT2D eigenvalue weighted by atomic mass is 10.3. The fourth-order valence-corrected chi connectivity index (χ4v) is 0.421. The average molecular weight is 111 g/mol. The molecular formula is C7H13N. The van der Waals surface area contributed by atoms with Gasteiger partial charge in [0, 0.05) is 0 Å². The first-order chi connectivity index (χ1) is 3.91. The van der Waals surface area contributed by atoms with Crippen molar-refractivity contribution in [1.29, 1.82) is 0 Å². The number of hydrogen-bond acceptors (Lipinski definition) is 1. The van der Waals surface area contributed by atoms with Crippen LogP contribution in [0.15, 0.2) is 17.9 Å². The van der Waals surface area contributed by atoms with Crippen molar-refractivity contribution in [2.75, 3.05) is 6.54 Å². The van der Waals surface area contributed by atoms with Gasteiger partial charge in [-0.2, -0.15) is 0 Å². The number of unbranched alkanes of at least 4 members (excludes halogenated alkanes) is 1. The molecule has 46 valence electrons. The summed E-state index contributed by atoms with van der Waals surface area (Å²) in [4.78, 5) is 0. The molecule has 0 aliphatic rings. The third-order valence-electron chi connectivity index (χ3n) is 0.837. The van der Waals surface area contributed by atoms with Crippen molar-refractivity contribution < 1.29 is 0 Å². The molecule has 0 aliphatic carbocycles. The first-order valence-electron chi connectivity index (χ1n) is 2.97. The van der Waals surface area contributed by atoms with Crippen LogP contribution >= 0.6 is 0 Å². The summed E-state index contributed by atoms with van der Waals surface area (Å²) in [5, 5.41) is 0. The Labute approximate surface area is 50.9 Å². The van der Waals surface area contributed by atoms with Crippen molar-refractivity contribution >= 4 is 0 Å². The van der Waals surface area contributed by atoms with E-state index in [1.54, 1.807) is 0 Å². The molecule has 0 saturated carbocycles. The molecule has 0 heterocycles. The van der Waals surface area contributed by atoms with Crippen molar-refractivity contribution in [3.63, 3.8) is 0 Å². The van der Waals surface area contributed by atoms with Crippen molar-refractivity contribution in [2.24, 2.45) is 5.73 Å². The Hall–Kier alpha value is -0.520. The smallest absolute Gasteiger partial charge is 0.00741 e. The van der Waals surface area contributed by atoms with Crippen LogP contribution in [0.5, 0.6) is 0 Å². The Kier molecular flexibility index (Phi) is 6.06. The first kappa shape index (κ1) is 7.48. The molecule has 1 nitrogen and oxygen atoms in total. The van der Waals surface area contributed by atoms with E-state index in [1.807, 2.05) is 19.1 Å².